The number of para-hydroxylation sites is 1. The van der Waals surface area contributed by atoms with E-state index in [2.05, 4.69) is 46.1 Å². The van der Waals surface area contributed by atoms with Gasteiger partial charge in [0.25, 0.3) is 0 Å². The number of carbonyl (C=O) groups is 8. The average Bonchev–Trinajstić information content (AvgIpc) is 1.58. The molecule has 0 saturated heterocycles. The smallest absolute Gasteiger partial charge is 0.305 e. The number of aryl methyl sites for hydroxylation is 1. The summed E-state index contributed by atoms with van der Waals surface area (Å²) in [5.41, 5.74) is 4.32. The van der Waals surface area contributed by atoms with Crippen LogP contribution in [0.2, 0.25) is 0 Å². The lowest BCUT2D eigenvalue weighted by Gasteiger charge is -2.33. The van der Waals surface area contributed by atoms with Gasteiger partial charge in [0.15, 0.2) is 6.20 Å². The summed E-state index contributed by atoms with van der Waals surface area (Å²) < 4.78 is 25.2. The minimum atomic E-state index is -0.684. The third kappa shape index (κ3) is 88.0. The van der Waals surface area contributed by atoms with Gasteiger partial charge in [0.2, 0.25) is 5.69 Å². The van der Waals surface area contributed by atoms with Crippen LogP contribution in [-0.2, 0) is 69.3 Å². The van der Waals surface area contributed by atoms with E-state index in [0.717, 1.165) is 186 Å². The maximum absolute atomic E-state index is 12.6. The summed E-state index contributed by atoms with van der Waals surface area (Å²) >= 11 is 0. The molecular formula is C132H235N2O16+. The van der Waals surface area contributed by atoms with Gasteiger partial charge < -0.3 is 44.4 Å². The predicted octanol–water partition coefficient (Wildman–Crippen LogP) is 40.1. The Kier molecular flexibility index (Phi) is 97.4. The number of benzene rings is 1. The first-order valence-corrected chi connectivity index (χ1v) is 65.1. The fourth-order valence-corrected chi connectivity index (χ4v) is 22.8. The van der Waals surface area contributed by atoms with Crippen molar-refractivity contribution in [2.45, 2.75) is 699 Å². The van der Waals surface area contributed by atoms with Crippen LogP contribution in [0.4, 0.5) is 0 Å². The van der Waals surface area contributed by atoms with E-state index in [1.54, 1.807) is 5.69 Å². The molecule has 3 rings (SSSR count). The molecule has 0 fully saturated rings. The largest absolute Gasteiger partial charge is 0.481 e. The van der Waals surface area contributed by atoms with Crippen LogP contribution in [-0.4, -0.2) is 99.6 Å². The first-order chi connectivity index (χ1) is 73.7. The highest BCUT2D eigenvalue weighted by Crippen LogP contribution is 2.44. The minimum Gasteiger partial charge on any atom is -0.481 e. The van der Waals surface area contributed by atoms with Crippen LogP contribution >= 0.6 is 0 Å². The quantitative estimate of drug-likeness (QED) is 0.0152. The molecule has 0 radical (unpaired) electrons. The molecule has 0 saturated carbocycles. The number of rotatable bonds is 121. The van der Waals surface area contributed by atoms with Crippen molar-refractivity contribution in [3.63, 3.8) is 0 Å². The Labute approximate surface area is 919 Å². The van der Waals surface area contributed by atoms with Gasteiger partial charge in [0.05, 0.1) is 31.8 Å². The van der Waals surface area contributed by atoms with Crippen molar-refractivity contribution < 1.29 is 82.3 Å². The van der Waals surface area contributed by atoms with Gasteiger partial charge in [0, 0.05) is 80.1 Å². The third-order valence-electron chi connectivity index (χ3n) is 32.3. The zero-order valence-electron chi connectivity index (χ0n) is 97.3. The number of carboxylic acid groups (broad SMARTS) is 4. The molecule has 0 bridgehead atoms. The van der Waals surface area contributed by atoms with E-state index in [1.807, 2.05) is 0 Å². The second-order valence-corrected chi connectivity index (χ2v) is 46.2. The molecule has 5 N–H and O–H groups in total. The highest BCUT2D eigenvalue weighted by molar-refractivity contribution is 6.07. The fourth-order valence-electron chi connectivity index (χ4n) is 22.8. The normalized spacial score (nSPS) is 11.7. The molecule has 0 aliphatic heterocycles. The van der Waals surface area contributed by atoms with Crippen molar-refractivity contribution in [3.05, 3.63) is 42.2 Å². The summed E-state index contributed by atoms with van der Waals surface area (Å²) in [5, 5.41) is 38.2. The number of hydrogen-bond acceptors (Lipinski definition) is 12. The van der Waals surface area contributed by atoms with Crippen LogP contribution in [0.3, 0.4) is 0 Å². The molecule has 0 amide bonds. The molecular weight excluding hydrogens is 1870 g/mol. The summed E-state index contributed by atoms with van der Waals surface area (Å²) in [4.78, 5) is 97.2. The Morgan fingerprint density at radius 2 is 0.373 bits per heavy atom. The van der Waals surface area contributed by atoms with Crippen molar-refractivity contribution in [1.82, 2.24) is 4.98 Å². The van der Waals surface area contributed by atoms with E-state index >= 15 is 0 Å². The summed E-state index contributed by atoms with van der Waals surface area (Å²) in [5.74, 6) is -2.83. The number of carbonyl (C=O) groups excluding carboxylic acids is 4. The summed E-state index contributed by atoms with van der Waals surface area (Å²) in [6.45, 7) is 3.29. The highest BCUT2D eigenvalue weighted by Gasteiger charge is 2.41. The molecule has 150 heavy (non-hydrogen) atoms. The summed E-state index contributed by atoms with van der Waals surface area (Å²) in [6.07, 6.45) is 125. The highest BCUT2D eigenvalue weighted by atomic mass is 16.5. The van der Waals surface area contributed by atoms with E-state index in [-0.39, 0.29) is 29.3 Å². The molecule has 0 aliphatic carbocycles. The van der Waals surface area contributed by atoms with Gasteiger partial charge in [-0.05, 0) is 109 Å². The number of esters is 4. The Morgan fingerprint density at radius 3 is 0.580 bits per heavy atom. The number of unbranched alkanes of at least 4 members (excludes halogenated alkanes) is 88. The number of hydrogen-bond donors (Lipinski definition) is 5. The van der Waals surface area contributed by atoms with Gasteiger partial charge in [-0.15, -0.1) is 0 Å². The van der Waals surface area contributed by atoms with Gasteiger partial charge in [0.1, 0.15) is 12.1 Å². The van der Waals surface area contributed by atoms with E-state index in [9.17, 15) is 38.4 Å². The van der Waals surface area contributed by atoms with E-state index in [0.29, 0.717) is 77.8 Å². The first kappa shape index (κ1) is 138. The summed E-state index contributed by atoms with van der Waals surface area (Å²) in [6, 6.07) is 11.5. The van der Waals surface area contributed by atoms with Crippen molar-refractivity contribution in [3.8, 4) is 0 Å². The number of nitrogens with one attached hydrogen (secondary N) is 1. The van der Waals surface area contributed by atoms with Crippen molar-refractivity contribution >= 4 is 69.6 Å². The average molecular weight is 2110 g/mol. The molecule has 18 nitrogen and oxygen atoms in total. The molecule has 1 aromatic carbocycles. The standard InChI is InChI=1S/C132H234N2O16/c135-122(136)101-81-65-49-33-17-1-9-25-41-57-73-91-110-132(111-92-74-58-42-26-10-2-21-37-53-69-85-105-126(143)147-115-95-77-61-45-29-13-5-18-34-50-66-82-102-123(137)138,112-93-75-59-43-27-11-3-22-38-54-70-86-106-127(144)148-116-96-78-62-46-30-14-6-19-35-51-67-83-103-124(139)140)131-130-120(119-99-89-90-100-121(119)133-130)109-114-134(131)113-94-76-60-44-28-12-4-23-39-55-71-87-107-128(145)150-118-98-80-64-48-32-16-8-24-40-56-72-88-108-129(146)149-117-97-79-63-47-31-15-7-20-36-52-68-84-104-125(141)142/h89-90,99-100,109,114H,1-88,91-98,101-108,110-113,115-118H2,(H4,135,136,137,138,139,140,141,142)/p+1. The molecule has 0 aliphatic rings. The van der Waals surface area contributed by atoms with Crippen LogP contribution in [0, 0.1) is 0 Å². The van der Waals surface area contributed by atoms with Crippen molar-refractivity contribution in [2.75, 3.05) is 26.4 Å². The molecule has 0 spiro atoms. The van der Waals surface area contributed by atoms with E-state index in [4.69, 9.17) is 39.4 Å². The van der Waals surface area contributed by atoms with Gasteiger partial charge in [-0.1, -0.05) is 545 Å². The molecule has 3 aromatic rings. The first-order valence-electron chi connectivity index (χ1n) is 65.1. The zero-order chi connectivity index (χ0) is 108. The third-order valence-corrected chi connectivity index (χ3v) is 32.3. The molecule has 0 atom stereocenters. The molecule has 868 valence electrons. The van der Waals surface area contributed by atoms with E-state index in [1.165, 1.54) is 478 Å². The number of carboxylic acids is 4. The topological polar surface area (TPSA) is 274 Å². The summed E-state index contributed by atoms with van der Waals surface area (Å²) in [7, 11) is 0. The van der Waals surface area contributed by atoms with Crippen molar-refractivity contribution in [1.29, 1.82) is 0 Å². The monoisotopic (exact) mass is 2100 g/mol. The Hall–Kier alpha value is -6.07. The van der Waals surface area contributed by atoms with Gasteiger partial charge in [-0.25, -0.2) is 4.57 Å². The second-order valence-electron chi connectivity index (χ2n) is 46.2. The Bertz CT molecular complexity index is 3510. The number of aliphatic carboxylic acids is 4. The number of nitrogens with zero attached hydrogens (tertiary/aromatic N) is 1. The Balaban J connectivity index is 1.46. The number of pyridine rings is 1. The molecule has 18 heteroatoms. The zero-order valence-corrected chi connectivity index (χ0v) is 97.3. The van der Waals surface area contributed by atoms with Crippen LogP contribution in [0.1, 0.15) is 693 Å². The maximum atomic E-state index is 12.6. The van der Waals surface area contributed by atoms with E-state index < -0.39 is 23.9 Å². The lowest BCUT2D eigenvalue weighted by molar-refractivity contribution is -0.707. The number of ether oxygens (including phenoxy) is 4. The number of aromatic nitrogens is 2. The second kappa shape index (κ2) is 106. The van der Waals surface area contributed by atoms with Gasteiger partial charge >= 0.3 is 47.8 Å². The van der Waals surface area contributed by atoms with Crippen LogP contribution < -0.4 is 4.57 Å². The van der Waals surface area contributed by atoms with Crippen LogP contribution in [0.5, 0.6) is 0 Å². The van der Waals surface area contributed by atoms with Crippen molar-refractivity contribution in [2.24, 2.45) is 0 Å². The minimum absolute atomic E-state index is 0.0206. The Morgan fingerprint density at radius 1 is 0.200 bits per heavy atom. The fraction of sp³-hybridized carbons (Fsp3) is 0.856. The molecule has 2 aromatic heterocycles. The maximum Gasteiger partial charge on any atom is 0.305 e. The van der Waals surface area contributed by atoms with Gasteiger partial charge in [-0.3, -0.25) is 38.4 Å². The van der Waals surface area contributed by atoms with Gasteiger partial charge in [-0.2, -0.15) is 0 Å². The number of fused-ring (bicyclic) bond motifs is 3. The predicted molar refractivity (Wildman–Crippen MR) is 626 cm³/mol. The number of H-pyrrole nitrogens is 1. The number of aromatic amines is 1. The van der Waals surface area contributed by atoms with Crippen LogP contribution in [0.25, 0.3) is 21.8 Å². The van der Waals surface area contributed by atoms with Crippen LogP contribution in [0.15, 0.2) is 36.5 Å². The lowest BCUT2D eigenvalue weighted by atomic mass is 9.70. The molecule has 2 heterocycles. The lowest BCUT2D eigenvalue weighted by Crippen LogP contribution is -2.46. The molecule has 0 unspecified atom stereocenters. The SMILES string of the molecule is O=C(O)CCCCCCCCCCCCCCOC(=O)CCCCCCCCCCCCCCOC(=O)CCCCCCCCCCCCCC[n+]1ccc2c([nH]c3ccccc32)c1C(CCCCCCCCCCCCCCC(=O)O)(CCCCCCCCCCCCCCC(=O)OCCCCCCCCCCCCCCC(=O)O)CCCCCCCCCCCCCCC(=O)OCCCCCCCCCCCCCCC(=O)O.